The number of rotatable bonds is 6. The Bertz CT molecular complexity index is 369. The van der Waals surface area contributed by atoms with Gasteiger partial charge in [-0.1, -0.05) is 0 Å². The highest BCUT2D eigenvalue weighted by molar-refractivity contribution is 7.98. The van der Waals surface area contributed by atoms with Crippen LogP contribution in [-0.4, -0.2) is 23.5 Å². The van der Waals surface area contributed by atoms with Crippen LogP contribution in [0.3, 0.4) is 0 Å². The van der Waals surface area contributed by atoms with Gasteiger partial charge in [0, 0.05) is 24.4 Å². The zero-order valence-corrected chi connectivity index (χ0v) is 10.3. The summed E-state index contributed by atoms with van der Waals surface area (Å²) < 4.78 is 0. The fourth-order valence-corrected chi connectivity index (χ4v) is 1.83. The summed E-state index contributed by atoms with van der Waals surface area (Å²) >= 11 is 1.82. The van der Waals surface area contributed by atoms with Crippen molar-refractivity contribution in [1.82, 2.24) is 0 Å². The Morgan fingerprint density at radius 3 is 2.81 bits per heavy atom. The van der Waals surface area contributed by atoms with E-state index in [4.69, 9.17) is 0 Å². The maximum Gasteiger partial charge on any atom is 0.269 e. The maximum atomic E-state index is 10.5. The predicted octanol–water partition coefficient (Wildman–Crippen LogP) is 3.07. The average Bonchev–Trinajstić information content (AvgIpc) is 2.26. The van der Waals surface area contributed by atoms with Gasteiger partial charge in [0.15, 0.2) is 0 Å². The van der Waals surface area contributed by atoms with Crippen LogP contribution in [0.15, 0.2) is 18.2 Å². The normalized spacial score (nSPS) is 10.1. The van der Waals surface area contributed by atoms with Crippen LogP contribution in [0, 0.1) is 17.0 Å². The van der Waals surface area contributed by atoms with Crippen LogP contribution in [0.25, 0.3) is 0 Å². The zero-order valence-electron chi connectivity index (χ0n) is 9.53. The Morgan fingerprint density at radius 1 is 1.50 bits per heavy atom. The molecule has 1 rings (SSSR count). The molecular formula is C11H16N2O2S. The van der Waals surface area contributed by atoms with Gasteiger partial charge in [0.25, 0.3) is 5.69 Å². The van der Waals surface area contributed by atoms with Gasteiger partial charge in [-0.15, -0.1) is 0 Å². The van der Waals surface area contributed by atoms with E-state index in [-0.39, 0.29) is 10.6 Å². The van der Waals surface area contributed by atoms with Crippen molar-refractivity contribution in [1.29, 1.82) is 0 Å². The molecule has 0 aliphatic rings. The number of benzene rings is 1. The lowest BCUT2D eigenvalue weighted by molar-refractivity contribution is -0.384. The van der Waals surface area contributed by atoms with Crippen LogP contribution in [0.5, 0.6) is 0 Å². The second-order valence-electron chi connectivity index (χ2n) is 3.53. The first-order chi connectivity index (χ1) is 7.65. The van der Waals surface area contributed by atoms with Gasteiger partial charge in [0.1, 0.15) is 0 Å². The molecule has 1 aromatic rings. The molecule has 0 amide bonds. The first-order valence-corrected chi connectivity index (χ1v) is 6.52. The van der Waals surface area contributed by atoms with E-state index in [1.165, 1.54) is 6.07 Å². The lowest BCUT2D eigenvalue weighted by atomic mass is 10.2. The summed E-state index contributed by atoms with van der Waals surface area (Å²) in [5.74, 6) is 1.12. The van der Waals surface area contributed by atoms with E-state index in [1.807, 2.05) is 18.7 Å². The molecular weight excluding hydrogens is 224 g/mol. The van der Waals surface area contributed by atoms with Crippen molar-refractivity contribution in [2.75, 3.05) is 23.9 Å². The molecule has 0 fully saturated rings. The fraction of sp³-hybridized carbons (Fsp3) is 0.455. The minimum atomic E-state index is -0.371. The number of non-ortho nitro benzene ring substituents is 1. The van der Waals surface area contributed by atoms with Crippen LogP contribution in [0.2, 0.25) is 0 Å². The summed E-state index contributed by atoms with van der Waals surface area (Å²) in [7, 11) is 0. The van der Waals surface area contributed by atoms with Gasteiger partial charge >= 0.3 is 0 Å². The SMILES string of the molecule is CSCCCNc1ccc([N+](=O)[O-])cc1C. The second-order valence-corrected chi connectivity index (χ2v) is 4.52. The van der Waals surface area contributed by atoms with Crippen molar-refractivity contribution < 1.29 is 4.92 Å². The molecule has 0 aliphatic carbocycles. The van der Waals surface area contributed by atoms with Gasteiger partial charge in [-0.2, -0.15) is 11.8 Å². The summed E-state index contributed by atoms with van der Waals surface area (Å²) in [4.78, 5) is 10.2. The standard InChI is InChI=1S/C11H16N2O2S/c1-9-8-10(13(14)15)4-5-11(9)12-6-3-7-16-2/h4-5,8,12H,3,6-7H2,1-2H3. The number of anilines is 1. The number of nitro benzene ring substituents is 1. The van der Waals surface area contributed by atoms with Gasteiger partial charge in [0.2, 0.25) is 0 Å². The van der Waals surface area contributed by atoms with E-state index >= 15 is 0 Å². The monoisotopic (exact) mass is 240 g/mol. The predicted molar refractivity (Wildman–Crippen MR) is 69.3 cm³/mol. The van der Waals surface area contributed by atoms with Crippen molar-refractivity contribution in [2.24, 2.45) is 0 Å². The van der Waals surface area contributed by atoms with Gasteiger partial charge < -0.3 is 5.32 Å². The summed E-state index contributed by atoms with van der Waals surface area (Å²) in [6, 6.07) is 4.90. The largest absolute Gasteiger partial charge is 0.385 e. The molecule has 0 spiro atoms. The third-order valence-corrected chi connectivity index (χ3v) is 2.96. The van der Waals surface area contributed by atoms with Crippen molar-refractivity contribution in [3.63, 3.8) is 0 Å². The highest BCUT2D eigenvalue weighted by Gasteiger charge is 2.07. The topological polar surface area (TPSA) is 55.2 Å². The van der Waals surface area contributed by atoms with Gasteiger partial charge in [-0.3, -0.25) is 10.1 Å². The number of thioether (sulfide) groups is 1. The van der Waals surface area contributed by atoms with E-state index in [0.717, 1.165) is 30.0 Å². The third kappa shape index (κ3) is 3.73. The van der Waals surface area contributed by atoms with Crippen LogP contribution in [0.4, 0.5) is 11.4 Å². The molecule has 0 atom stereocenters. The van der Waals surface area contributed by atoms with Gasteiger partial charge in [0.05, 0.1) is 4.92 Å². The molecule has 1 N–H and O–H groups in total. The van der Waals surface area contributed by atoms with Crippen molar-refractivity contribution in [3.8, 4) is 0 Å². The molecule has 0 radical (unpaired) electrons. The summed E-state index contributed by atoms with van der Waals surface area (Å²) in [6.07, 6.45) is 3.18. The molecule has 0 bridgehead atoms. The van der Waals surface area contributed by atoms with Crippen molar-refractivity contribution >= 4 is 23.1 Å². The average molecular weight is 240 g/mol. The van der Waals surface area contributed by atoms with Crippen molar-refractivity contribution in [3.05, 3.63) is 33.9 Å². The molecule has 88 valence electrons. The Morgan fingerprint density at radius 2 is 2.25 bits per heavy atom. The van der Waals surface area contributed by atoms with Crippen LogP contribution < -0.4 is 5.32 Å². The Labute approximate surface area is 99.6 Å². The molecule has 0 saturated heterocycles. The number of nitro groups is 1. The molecule has 1 aromatic carbocycles. The molecule has 0 heterocycles. The molecule has 0 aliphatic heterocycles. The van der Waals surface area contributed by atoms with E-state index < -0.39 is 0 Å². The quantitative estimate of drug-likeness (QED) is 0.471. The Balaban J connectivity index is 2.57. The number of nitrogens with one attached hydrogen (secondary N) is 1. The number of aryl methyl sites for hydroxylation is 1. The highest BCUT2D eigenvalue weighted by atomic mass is 32.2. The zero-order chi connectivity index (χ0) is 12.0. The van der Waals surface area contributed by atoms with Gasteiger partial charge in [-0.05, 0) is 37.0 Å². The minimum Gasteiger partial charge on any atom is -0.385 e. The lowest BCUT2D eigenvalue weighted by Gasteiger charge is -2.08. The molecule has 0 unspecified atom stereocenters. The molecule has 16 heavy (non-hydrogen) atoms. The van der Waals surface area contributed by atoms with Crippen LogP contribution in [0.1, 0.15) is 12.0 Å². The second kappa shape index (κ2) is 6.37. The summed E-state index contributed by atoms with van der Waals surface area (Å²) in [5.41, 5.74) is 2.04. The number of hydrogen-bond donors (Lipinski definition) is 1. The van der Waals surface area contributed by atoms with Crippen molar-refractivity contribution in [2.45, 2.75) is 13.3 Å². The smallest absolute Gasteiger partial charge is 0.269 e. The van der Waals surface area contributed by atoms with Gasteiger partial charge in [-0.25, -0.2) is 0 Å². The van der Waals surface area contributed by atoms with Crippen LogP contribution in [-0.2, 0) is 0 Å². The number of hydrogen-bond acceptors (Lipinski definition) is 4. The highest BCUT2D eigenvalue weighted by Crippen LogP contribution is 2.21. The first-order valence-electron chi connectivity index (χ1n) is 5.13. The molecule has 5 heteroatoms. The Hall–Kier alpha value is -1.23. The van der Waals surface area contributed by atoms with E-state index in [1.54, 1.807) is 12.1 Å². The fourth-order valence-electron chi connectivity index (χ4n) is 1.40. The van der Waals surface area contributed by atoms with E-state index in [9.17, 15) is 10.1 Å². The third-order valence-electron chi connectivity index (χ3n) is 2.26. The number of nitrogens with zero attached hydrogens (tertiary/aromatic N) is 1. The molecule has 0 saturated carbocycles. The molecule has 4 nitrogen and oxygen atoms in total. The Kier molecular flexibility index (Phi) is 5.11. The summed E-state index contributed by atoms with van der Waals surface area (Å²) in [5, 5.41) is 13.8. The molecule has 0 aromatic heterocycles. The van der Waals surface area contributed by atoms with E-state index in [2.05, 4.69) is 11.6 Å². The summed E-state index contributed by atoms with van der Waals surface area (Å²) in [6.45, 7) is 2.78. The maximum absolute atomic E-state index is 10.5. The van der Waals surface area contributed by atoms with E-state index in [0.29, 0.717) is 0 Å². The minimum absolute atomic E-state index is 0.146. The first kappa shape index (κ1) is 12.8. The van der Waals surface area contributed by atoms with Crippen LogP contribution >= 0.6 is 11.8 Å². The lowest BCUT2D eigenvalue weighted by Crippen LogP contribution is -2.04.